The summed E-state index contributed by atoms with van der Waals surface area (Å²) in [6.07, 6.45) is 5.60. The normalized spacial score (nSPS) is 23.3. The summed E-state index contributed by atoms with van der Waals surface area (Å²) >= 11 is 0. The van der Waals surface area contributed by atoms with Gasteiger partial charge in [0.15, 0.2) is 11.6 Å². The Morgan fingerprint density at radius 2 is 2.03 bits per heavy atom. The Morgan fingerprint density at radius 1 is 1.21 bits per heavy atom. The number of hydrazine groups is 1. The van der Waals surface area contributed by atoms with E-state index in [0.717, 1.165) is 55.6 Å². The van der Waals surface area contributed by atoms with E-state index < -0.39 is 0 Å². The zero-order chi connectivity index (χ0) is 22.8. The summed E-state index contributed by atoms with van der Waals surface area (Å²) in [6, 6.07) is 4.25. The van der Waals surface area contributed by atoms with Gasteiger partial charge >= 0.3 is 0 Å². The molecule has 33 heavy (non-hydrogen) atoms. The summed E-state index contributed by atoms with van der Waals surface area (Å²) in [5.41, 5.74) is 7.51. The first-order valence-electron chi connectivity index (χ1n) is 12.0. The van der Waals surface area contributed by atoms with Gasteiger partial charge in [-0.25, -0.2) is 10.4 Å². The van der Waals surface area contributed by atoms with E-state index >= 15 is 0 Å². The highest BCUT2D eigenvalue weighted by Gasteiger charge is 2.35. The van der Waals surface area contributed by atoms with Gasteiger partial charge in [-0.15, -0.1) is 0 Å². The standard InChI is InChI=1S/C23H34N8O2/c1-14(2)18-10-17(33-30-18)13-24-23-26-20(25-21-11-19(28-29-21)15-4-5-15)12-22(27-23)32-16-6-8-31(3)9-7-16/h10,12,14-16,19,28H,4-9,11,13H2,1-3H3,(H2,24,25,26,27,29). The Morgan fingerprint density at radius 3 is 2.76 bits per heavy atom. The van der Waals surface area contributed by atoms with Crippen LogP contribution >= 0.6 is 0 Å². The molecule has 0 spiro atoms. The van der Waals surface area contributed by atoms with Gasteiger partial charge in [0.05, 0.1) is 12.2 Å². The highest BCUT2D eigenvalue weighted by molar-refractivity contribution is 5.86. The number of aromatic nitrogens is 3. The zero-order valence-corrected chi connectivity index (χ0v) is 19.7. The zero-order valence-electron chi connectivity index (χ0n) is 19.7. The molecule has 0 amide bonds. The van der Waals surface area contributed by atoms with Crippen molar-refractivity contribution in [1.29, 1.82) is 0 Å². The van der Waals surface area contributed by atoms with Crippen LogP contribution in [0.1, 0.15) is 63.3 Å². The van der Waals surface area contributed by atoms with Gasteiger partial charge in [0.2, 0.25) is 11.8 Å². The summed E-state index contributed by atoms with van der Waals surface area (Å²) in [5, 5.41) is 7.37. The maximum absolute atomic E-state index is 6.25. The minimum absolute atomic E-state index is 0.151. The van der Waals surface area contributed by atoms with E-state index in [1.807, 2.05) is 12.1 Å². The van der Waals surface area contributed by atoms with E-state index in [1.54, 1.807) is 0 Å². The van der Waals surface area contributed by atoms with Crippen molar-refractivity contribution in [2.24, 2.45) is 10.9 Å². The topological polar surface area (TPSA) is 113 Å². The first-order valence-corrected chi connectivity index (χ1v) is 12.0. The van der Waals surface area contributed by atoms with Crippen molar-refractivity contribution in [3.63, 3.8) is 0 Å². The molecular weight excluding hydrogens is 420 g/mol. The van der Waals surface area contributed by atoms with E-state index in [4.69, 9.17) is 14.3 Å². The molecule has 1 atom stereocenters. The second kappa shape index (κ2) is 9.64. The third-order valence-corrected chi connectivity index (χ3v) is 6.49. The lowest BCUT2D eigenvalue weighted by Crippen LogP contribution is -2.35. The lowest BCUT2D eigenvalue weighted by molar-refractivity contribution is 0.110. The van der Waals surface area contributed by atoms with Gasteiger partial charge in [-0.3, -0.25) is 0 Å². The van der Waals surface area contributed by atoms with Crippen molar-refractivity contribution in [1.82, 2.24) is 30.9 Å². The van der Waals surface area contributed by atoms with Gasteiger partial charge in [0.1, 0.15) is 11.9 Å². The van der Waals surface area contributed by atoms with Crippen LogP contribution in [-0.2, 0) is 6.54 Å². The molecule has 10 heteroatoms. The number of ether oxygens (including phenoxy) is 1. The lowest BCUT2D eigenvalue weighted by Gasteiger charge is -2.29. The molecule has 10 nitrogen and oxygen atoms in total. The molecule has 2 aliphatic heterocycles. The van der Waals surface area contributed by atoms with Gasteiger partial charge in [-0.05, 0) is 44.6 Å². The molecule has 0 aromatic carbocycles. The van der Waals surface area contributed by atoms with Crippen molar-refractivity contribution < 1.29 is 9.26 Å². The SMILES string of the molecule is CC(C)c1cc(CNc2nc(/N=C3\CC(C4CC4)NN3)cc(OC3CCN(C)CC3)n2)on1. The molecule has 1 saturated carbocycles. The molecule has 3 N–H and O–H groups in total. The summed E-state index contributed by atoms with van der Waals surface area (Å²) in [7, 11) is 2.14. The molecule has 3 aliphatic rings. The number of anilines is 1. The monoisotopic (exact) mass is 454 g/mol. The van der Waals surface area contributed by atoms with Crippen molar-refractivity contribution in [2.75, 3.05) is 25.5 Å². The predicted molar refractivity (Wildman–Crippen MR) is 126 cm³/mol. The number of likely N-dealkylation sites (tertiary alicyclic amines) is 1. The number of rotatable bonds is 8. The second-order valence-corrected chi connectivity index (χ2v) is 9.71. The van der Waals surface area contributed by atoms with Gasteiger partial charge in [0.25, 0.3) is 0 Å². The molecule has 0 bridgehead atoms. The largest absolute Gasteiger partial charge is 0.474 e. The summed E-state index contributed by atoms with van der Waals surface area (Å²) in [6.45, 7) is 6.67. The maximum atomic E-state index is 6.25. The van der Waals surface area contributed by atoms with Crippen LogP contribution in [0.15, 0.2) is 21.6 Å². The predicted octanol–water partition coefficient (Wildman–Crippen LogP) is 2.98. The first-order chi connectivity index (χ1) is 16.0. The van der Waals surface area contributed by atoms with Crippen molar-refractivity contribution in [3.8, 4) is 5.88 Å². The Bertz CT molecular complexity index is 979. The molecule has 3 fully saturated rings. The quantitative estimate of drug-likeness (QED) is 0.554. The van der Waals surface area contributed by atoms with Gasteiger partial charge in [0, 0.05) is 37.7 Å². The Kier molecular flexibility index (Phi) is 6.45. The average Bonchev–Trinajstić information content (AvgIpc) is 3.34. The molecule has 5 rings (SSSR count). The fraction of sp³-hybridized carbons (Fsp3) is 0.652. The third kappa shape index (κ3) is 5.80. The van der Waals surface area contributed by atoms with Crippen LogP contribution in [0.2, 0.25) is 0 Å². The second-order valence-electron chi connectivity index (χ2n) is 9.71. The number of piperidine rings is 1. The summed E-state index contributed by atoms with van der Waals surface area (Å²) in [5.74, 6) is 4.31. The highest BCUT2D eigenvalue weighted by Crippen LogP contribution is 2.35. The van der Waals surface area contributed by atoms with Crippen LogP contribution in [0.4, 0.5) is 11.8 Å². The van der Waals surface area contributed by atoms with E-state index in [-0.39, 0.29) is 6.10 Å². The van der Waals surface area contributed by atoms with Crippen molar-refractivity contribution in [3.05, 3.63) is 23.6 Å². The summed E-state index contributed by atoms with van der Waals surface area (Å²) in [4.78, 5) is 16.3. The van der Waals surface area contributed by atoms with Crippen LogP contribution in [0, 0.1) is 5.92 Å². The van der Waals surface area contributed by atoms with Crippen molar-refractivity contribution >= 4 is 17.6 Å². The molecule has 2 aromatic heterocycles. The molecule has 0 radical (unpaired) electrons. The van der Waals surface area contributed by atoms with Crippen LogP contribution in [0.5, 0.6) is 5.88 Å². The third-order valence-electron chi connectivity index (χ3n) is 6.49. The van der Waals surface area contributed by atoms with E-state index in [0.29, 0.717) is 36.2 Å². The molecule has 2 saturated heterocycles. The number of hydrogen-bond donors (Lipinski definition) is 3. The Labute approximate surface area is 194 Å². The van der Waals surface area contributed by atoms with Gasteiger partial charge in [-0.2, -0.15) is 9.97 Å². The highest BCUT2D eigenvalue weighted by atomic mass is 16.5. The molecular formula is C23H34N8O2. The molecule has 4 heterocycles. The van der Waals surface area contributed by atoms with Crippen LogP contribution in [0.3, 0.4) is 0 Å². The molecule has 1 unspecified atom stereocenters. The van der Waals surface area contributed by atoms with Gasteiger partial charge in [-0.1, -0.05) is 19.0 Å². The van der Waals surface area contributed by atoms with E-state index in [2.05, 4.69) is 57.1 Å². The lowest BCUT2D eigenvalue weighted by atomic mass is 10.1. The maximum Gasteiger partial charge on any atom is 0.228 e. The molecule has 178 valence electrons. The number of amidine groups is 1. The number of nitrogens with one attached hydrogen (secondary N) is 3. The fourth-order valence-corrected chi connectivity index (χ4v) is 4.21. The minimum Gasteiger partial charge on any atom is -0.474 e. The van der Waals surface area contributed by atoms with E-state index in [1.165, 1.54) is 12.8 Å². The van der Waals surface area contributed by atoms with Crippen molar-refractivity contribution in [2.45, 2.75) is 70.6 Å². The number of hydrogen-bond acceptors (Lipinski definition) is 9. The van der Waals surface area contributed by atoms with E-state index in [9.17, 15) is 0 Å². The van der Waals surface area contributed by atoms with Crippen LogP contribution < -0.4 is 20.9 Å². The Hall–Kier alpha value is -2.72. The molecule has 1 aliphatic carbocycles. The first kappa shape index (κ1) is 22.1. The van der Waals surface area contributed by atoms with Crippen LogP contribution in [-0.4, -0.2) is 58.1 Å². The number of nitrogens with zero attached hydrogens (tertiary/aromatic N) is 5. The fourth-order valence-electron chi connectivity index (χ4n) is 4.21. The minimum atomic E-state index is 0.151. The summed E-state index contributed by atoms with van der Waals surface area (Å²) < 4.78 is 11.7. The average molecular weight is 455 g/mol. The smallest absolute Gasteiger partial charge is 0.228 e. The van der Waals surface area contributed by atoms with Crippen LogP contribution in [0.25, 0.3) is 0 Å². The molecule has 2 aromatic rings. The van der Waals surface area contributed by atoms with Gasteiger partial charge < -0.3 is 24.9 Å². The Balaban J connectivity index is 1.31. The number of aliphatic imine (C=N–C) groups is 1.